The first-order valence-corrected chi connectivity index (χ1v) is 9.27. The SMILES string of the molecule is CCOC1CC(N)(C(=O)NCc2ccnc(N3CCCC3)c2)C1(C)C. The van der Waals surface area contributed by atoms with E-state index in [1.54, 1.807) is 0 Å². The van der Waals surface area contributed by atoms with Gasteiger partial charge >= 0.3 is 0 Å². The fraction of sp³-hybridized carbons (Fsp3) is 0.684. The van der Waals surface area contributed by atoms with E-state index in [4.69, 9.17) is 10.5 Å². The van der Waals surface area contributed by atoms with Crippen molar-refractivity contribution < 1.29 is 9.53 Å². The molecular weight excluding hydrogens is 316 g/mol. The molecule has 3 rings (SSSR count). The Bertz CT molecular complexity index is 628. The molecule has 2 unspecified atom stereocenters. The van der Waals surface area contributed by atoms with Crippen molar-refractivity contribution in [1.29, 1.82) is 0 Å². The summed E-state index contributed by atoms with van der Waals surface area (Å²) in [6.07, 6.45) is 4.85. The normalized spacial score (nSPS) is 27.8. The summed E-state index contributed by atoms with van der Waals surface area (Å²) in [5.41, 5.74) is 6.23. The highest BCUT2D eigenvalue weighted by Crippen LogP contribution is 2.49. The number of carbonyl (C=O) groups excluding carboxylic acids is 1. The molecule has 1 amide bonds. The molecule has 3 N–H and O–H groups in total. The molecule has 2 heterocycles. The van der Waals surface area contributed by atoms with Gasteiger partial charge in [0, 0.05) is 44.3 Å². The van der Waals surface area contributed by atoms with Gasteiger partial charge in [-0.3, -0.25) is 4.79 Å². The highest BCUT2D eigenvalue weighted by atomic mass is 16.5. The van der Waals surface area contributed by atoms with Gasteiger partial charge in [-0.2, -0.15) is 0 Å². The van der Waals surface area contributed by atoms with Gasteiger partial charge in [-0.15, -0.1) is 0 Å². The minimum absolute atomic E-state index is 0.0379. The molecule has 6 nitrogen and oxygen atoms in total. The standard InChI is InChI=1S/C19H30N4O2/c1-4-25-15-12-19(20,18(15,2)3)17(24)22-13-14-7-8-21-16(11-14)23-9-5-6-10-23/h7-8,11,15H,4-6,9-10,12-13,20H2,1-3H3,(H,22,24). The summed E-state index contributed by atoms with van der Waals surface area (Å²) >= 11 is 0. The fourth-order valence-corrected chi connectivity index (χ4v) is 3.85. The van der Waals surface area contributed by atoms with Crippen LogP contribution in [0.5, 0.6) is 0 Å². The predicted octanol–water partition coefficient (Wildman–Crippen LogP) is 1.83. The number of nitrogens with one attached hydrogen (secondary N) is 1. The number of pyridine rings is 1. The minimum Gasteiger partial charge on any atom is -0.378 e. The summed E-state index contributed by atoms with van der Waals surface area (Å²) in [6.45, 7) is 9.21. The summed E-state index contributed by atoms with van der Waals surface area (Å²) in [7, 11) is 0. The number of aromatic nitrogens is 1. The molecule has 2 fully saturated rings. The lowest BCUT2D eigenvalue weighted by molar-refractivity contribution is -0.170. The van der Waals surface area contributed by atoms with Crippen LogP contribution in [0.25, 0.3) is 0 Å². The second-order valence-electron chi connectivity index (χ2n) is 7.74. The Morgan fingerprint density at radius 2 is 2.16 bits per heavy atom. The fourth-order valence-electron chi connectivity index (χ4n) is 3.85. The first-order valence-electron chi connectivity index (χ1n) is 9.27. The van der Waals surface area contributed by atoms with Gasteiger partial charge in [0.05, 0.1) is 6.10 Å². The van der Waals surface area contributed by atoms with Crippen LogP contribution in [0.1, 0.15) is 45.6 Å². The highest BCUT2D eigenvalue weighted by Gasteiger charge is 2.62. The second-order valence-corrected chi connectivity index (χ2v) is 7.74. The molecule has 6 heteroatoms. The maximum Gasteiger partial charge on any atom is 0.241 e. The average molecular weight is 346 g/mol. The Labute approximate surface area is 150 Å². The van der Waals surface area contributed by atoms with Gasteiger partial charge < -0.3 is 20.7 Å². The van der Waals surface area contributed by atoms with Crippen LogP contribution in [0.15, 0.2) is 18.3 Å². The molecule has 25 heavy (non-hydrogen) atoms. The quantitative estimate of drug-likeness (QED) is 0.821. The Hall–Kier alpha value is -1.66. The summed E-state index contributed by atoms with van der Waals surface area (Å²) < 4.78 is 5.70. The molecule has 0 bridgehead atoms. The first-order chi connectivity index (χ1) is 11.9. The second kappa shape index (κ2) is 6.92. The Balaban J connectivity index is 1.60. The maximum absolute atomic E-state index is 12.7. The molecule has 1 saturated heterocycles. The molecule has 1 saturated carbocycles. The number of carbonyl (C=O) groups is 1. The third-order valence-electron chi connectivity index (χ3n) is 5.93. The van der Waals surface area contributed by atoms with Crippen molar-refractivity contribution in [3.8, 4) is 0 Å². The summed E-state index contributed by atoms with van der Waals surface area (Å²) in [4.78, 5) is 19.4. The van der Waals surface area contributed by atoms with Gasteiger partial charge in [0.15, 0.2) is 0 Å². The number of ether oxygens (including phenoxy) is 1. The van der Waals surface area contributed by atoms with Crippen molar-refractivity contribution in [1.82, 2.24) is 10.3 Å². The Kier molecular flexibility index (Phi) is 5.02. The maximum atomic E-state index is 12.7. The van der Waals surface area contributed by atoms with E-state index in [1.807, 2.05) is 33.0 Å². The zero-order valence-electron chi connectivity index (χ0n) is 15.5. The Morgan fingerprint density at radius 1 is 1.44 bits per heavy atom. The van der Waals surface area contributed by atoms with E-state index in [2.05, 4.69) is 21.3 Å². The number of nitrogens with zero attached hydrogens (tertiary/aromatic N) is 2. The van der Waals surface area contributed by atoms with Gasteiger partial charge in [-0.05, 0) is 37.5 Å². The number of hydrogen-bond donors (Lipinski definition) is 2. The van der Waals surface area contributed by atoms with E-state index in [-0.39, 0.29) is 17.4 Å². The van der Waals surface area contributed by atoms with Crippen LogP contribution in [-0.2, 0) is 16.1 Å². The van der Waals surface area contributed by atoms with Gasteiger partial charge in [-0.25, -0.2) is 4.98 Å². The van der Waals surface area contributed by atoms with Gasteiger partial charge in [-0.1, -0.05) is 13.8 Å². The van der Waals surface area contributed by atoms with Crippen molar-refractivity contribution in [3.05, 3.63) is 23.9 Å². The van der Waals surface area contributed by atoms with Crippen LogP contribution < -0.4 is 16.0 Å². The molecule has 2 atom stereocenters. The lowest BCUT2D eigenvalue weighted by atomic mass is 9.54. The van der Waals surface area contributed by atoms with Crippen molar-refractivity contribution >= 4 is 11.7 Å². The lowest BCUT2D eigenvalue weighted by Crippen LogP contribution is -2.75. The first kappa shape index (κ1) is 18.1. The molecule has 1 aromatic rings. The topological polar surface area (TPSA) is 80.5 Å². The van der Waals surface area contributed by atoms with Crippen LogP contribution in [0.3, 0.4) is 0 Å². The monoisotopic (exact) mass is 346 g/mol. The molecule has 0 spiro atoms. The predicted molar refractivity (Wildman–Crippen MR) is 98.3 cm³/mol. The number of hydrogen-bond acceptors (Lipinski definition) is 5. The van der Waals surface area contributed by atoms with E-state index in [1.165, 1.54) is 12.8 Å². The molecule has 0 aromatic carbocycles. The van der Waals surface area contributed by atoms with E-state index < -0.39 is 5.54 Å². The third kappa shape index (κ3) is 3.25. The van der Waals surface area contributed by atoms with Crippen LogP contribution in [-0.4, -0.2) is 42.2 Å². The minimum atomic E-state index is -0.877. The van der Waals surface area contributed by atoms with Gasteiger partial charge in [0.2, 0.25) is 5.91 Å². The summed E-state index contributed by atoms with van der Waals surface area (Å²) in [5, 5.41) is 3.01. The van der Waals surface area contributed by atoms with Crippen LogP contribution in [0, 0.1) is 5.41 Å². The van der Waals surface area contributed by atoms with E-state index in [9.17, 15) is 4.79 Å². The van der Waals surface area contributed by atoms with Crippen molar-refractivity contribution in [2.45, 2.75) is 58.2 Å². The molecule has 2 aliphatic rings. The molecule has 1 aromatic heterocycles. The number of amides is 1. The number of anilines is 1. The average Bonchev–Trinajstić information content (AvgIpc) is 3.14. The molecular formula is C19H30N4O2. The Morgan fingerprint density at radius 3 is 2.80 bits per heavy atom. The van der Waals surface area contributed by atoms with Crippen molar-refractivity contribution in [2.24, 2.45) is 11.1 Å². The van der Waals surface area contributed by atoms with Crippen molar-refractivity contribution in [2.75, 3.05) is 24.6 Å². The third-order valence-corrected chi connectivity index (χ3v) is 5.93. The van der Waals surface area contributed by atoms with Crippen LogP contribution in [0.4, 0.5) is 5.82 Å². The lowest BCUT2D eigenvalue weighted by Gasteiger charge is -2.57. The zero-order valence-corrected chi connectivity index (χ0v) is 15.5. The van der Waals surface area contributed by atoms with Gasteiger partial charge in [0.1, 0.15) is 11.4 Å². The smallest absolute Gasteiger partial charge is 0.241 e. The summed E-state index contributed by atoms with van der Waals surface area (Å²) in [6, 6.07) is 4.00. The molecule has 1 aliphatic heterocycles. The number of nitrogens with two attached hydrogens (primary N) is 1. The van der Waals surface area contributed by atoms with E-state index in [0.29, 0.717) is 19.6 Å². The summed E-state index contributed by atoms with van der Waals surface area (Å²) in [5.74, 6) is 0.889. The van der Waals surface area contributed by atoms with Crippen LogP contribution >= 0.6 is 0 Å². The van der Waals surface area contributed by atoms with Crippen molar-refractivity contribution in [3.63, 3.8) is 0 Å². The van der Waals surface area contributed by atoms with Crippen LogP contribution in [0.2, 0.25) is 0 Å². The molecule has 1 aliphatic carbocycles. The zero-order chi connectivity index (χ0) is 18.1. The number of rotatable bonds is 6. The van der Waals surface area contributed by atoms with E-state index >= 15 is 0 Å². The van der Waals surface area contributed by atoms with Gasteiger partial charge in [0.25, 0.3) is 0 Å². The largest absolute Gasteiger partial charge is 0.378 e. The molecule has 0 radical (unpaired) electrons. The highest BCUT2D eigenvalue weighted by molar-refractivity contribution is 5.88. The molecule has 138 valence electrons. The van der Waals surface area contributed by atoms with E-state index in [0.717, 1.165) is 24.5 Å².